The van der Waals surface area contributed by atoms with E-state index >= 15 is 0 Å². The van der Waals surface area contributed by atoms with Crippen LogP contribution in [-0.2, 0) is 6.42 Å². The van der Waals surface area contributed by atoms with Gasteiger partial charge < -0.3 is 20.5 Å². The van der Waals surface area contributed by atoms with Crippen molar-refractivity contribution in [1.29, 1.82) is 0 Å². The molecular weight excluding hydrogens is 228 g/mol. The molecule has 4 nitrogen and oxygen atoms in total. The van der Waals surface area contributed by atoms with Crippen molar-refractivity contribution in [2.45, 2.75) is 25.4 Å². The number of rotatable bonds is 5. The van der Waals surface area contributed by atoms with Gasteiger partial charge in [0, 0.05) is 19.3 Å². The van der Waals surface area contributed by atoms with Gasteiger partial charge in [-0.1, -0.05) is 0 Å². The molecule has 0 spiro atoms. The number of anilines is 1. The second-order valence-electron chi connectivity index (χ2n) is 4.86. The summed E-state index contributed by atoms with van der Waals surface area (Å²) in [6, 6.07) is 6.22. The number of hydrogen-bond donors (Lipinski definition) is 2. The summed E-state index contributed by atoms with van der Waals surface area (Å²) < 4.78 is 5.59. The fraction of sp³-hybridized carbons (Fsp3) is 0.571. The van der Waals surface area contributed by atoms with Crippen molar-refractivity contribution >= 4 is 5.69 Å². The van der Waals surface area contributed by atoms with Crippen LogP contribution in [0.25, 0.3) is 0 Å². The molecule has 0 aromatic heterocycles. The van der Waals surface area contributed by atoms with Crippen LogP contribution in [-0.4, -0.2) is 38.0 Å². The Labute approximate surface area is 108 Å². The largest absolute Gasteiger partial charge is 0.493 e. The van der Waals surface area contributed by atoms with Gasteiger partial charge in [-0.3, -0.25) is 0 Å². The van der Waals surface area contributed by atoms with E-state index in [2.05, 4.69) is 11.0 Å². The molecule has 100 valence electrons. The minimum atomic E-state index is -0.368. The zero-order valence-corrected chi connectivity index (χ0v) is 10.9. The van der Waals surface area contributed by atoms with Crippen LogP contribution in [0, 0.1) is 0 Å². The number of aliphatic hydroxyl groups is 1. The van der Waals surface area contributed by atoms with Gasteiger partial charge in [0.05, 0.1) is 12.7 Å². The van der Waals surface area contributed by atoms with Crippen molar-refractivity contribution in [3.63, 3.8) is 0 Å². The number of hydrogen-bond acceptors (Lipinski definition) is 4. The fourth-order valence-electron chi connectivity index (χ4n) is 2.29. The lowest BCUT2D eigenvalue weighted by Crippen LogP contribution is -2.30. The van der Waals surface area contributed by atoms with E-state index in [9.17, 15) is 5.11 Å². The van der Waals surface area contributed by atoms with E-state index in [-0.39, 0.29) is 6.10 Å². The minimum Gasteiger partial charge on any atom is -0.493 e. The lowest BCUT2D eigenvalue weighted by molar-refractivity contribution is 0.174. The van der Waals surface area contributed by atoms with Crippen molar-refractivity contribution in [1.82, 2.24) is 0 Å². The van der Waals surface area contributed by atoms with Gasteiger partial charge in [-0.15, -0.1) is 0 Å². The van der Waals surface area contributed by atoms with E-state index in [0.717, 1.165) is 30.9 Å². The normalized spacial score (nSPS) is 15.7. The number of nitrogens with zero attached hydrogens (tertiary/aromatic N) is 1. The van der Waals surface area contributed by atoms with Crippen molar-refractivity contribution in [2.75, 3.05) is 31.6 Å². The molecule has 1 heterocycles. The van der Waals surface area contributed by atoms with E-state index < -0.39 is 0 Å². The molecule has 0 amide bonds. The van der Waals surface area contributed by atoms with Crippen LogP contribution >= 0.6 is 0 Å². The molecule has 1 atom stereocenters. The highest BCUT2D eigenvalue weighted by atomic mass is 16.5. The number of aryl methyl sites for hydroxylation is 1. The van der Waals surface area contributed by atoms with E-state index in [4.69, 9.17) is 10.5 Å². The predicted molar refractivity (Wildman–Crippen MR) is 73.2 cm³/mol. The maximum Gasteiger partial charge on any atom is 0.122 e. The van der Waals surface area contributed by atoms with Crippen LogP contribution in [0.15, 0.2) is 18.2 Å². The van der Waals surface area contributed by atoms with Gasteiger partial charge in [0.25, 0.3) is 0 Å². The lowest BCUT2D eigenvalue weighted by atomic mass is 10.1. The molecule has 0 radical (unpaired) electrons. The molecule has 1 aliphatic rings. The molecule has 18 heavy (non-hydrogen) atoms. The molecule has 0 bridgehead atoms. The maximum absolute atomic E-state index is 9.77. The zero-order valence-electron chi connectivity index (χ0n) is 10.9. The smallest absolute Gasteiger partial charge is 0.122 e. The van der Waals surface area contributed by atoms with Crippen LogP contribution < -0.4 is 15.4 Å². The number of benzene rings is 1. The summed E-state index contributed by atoms with van der Waals surface area (Å²) in [5.41, 5.74) is 7.82. The van der Waals surface area contributed by atoms with Crippen molar-refractivity contribution in [3.8, 4) is 5.75 Å². The third kappa shape index (κ3) is 3.15. The summed E-state index contributed by atoms with van der Waals surface area (Å²) in [7, 11) is 1.99. The average Bonchev–Trinajstić information content (AvgIpc) is 2.38. The Kier molecular flexibility index (Phi) is 4.44. The van der Waals surface area contributed by atoms with E-state index in [1.165, 1.54) is 5.56 Å². The Bertz CT molecular complexity index is 395. The van der Waals surface area contributed by atoms with E-state index in [0.29, 0.717) is 19.5 Å². The molecule has 0 aliphatic carbocycles. The molecular formula is C14H22N2O2. The van der Waals surface area contributed by atoms with Gasteiger partial charge in [-0.25, -0.2) is 0 Å². The van der Waals surface area contributed by atoms with Gasteiger partial charge in [0.15, 0.2) is 0 Å². The molecule has 1 unspecified atom stereocenters. The van der Waals surface area contributed by atoms with Gasteiger partial charge in [0.1, 0.15) is 5.75 Å². The summed E-state index contributed by atoms with van der Waals surface area (Å²) in [4.78, 5) is 2.06. The SMILES string of the molecule is CN(CC(O)CCN)c1ccc2c(c1)CCCO2. The summed E-state index contributed by atoms with van der Waals surface area (Å²) >= 11 is 0. The summed E-state index contributed by atoms with van der Waals surface area (Å²) in [5, 5.41) is 9.77. The molecule has 4 heteroatoms. The highest BCUT2D eigenvalue weighted by Gasteiger charge is 2.13. The van der Waals surface area contributed by atoms with Crippen LogP contribution in [0.1, 0.15) is 18.4 Å². The third-order valence-electron chi connectivity index (χ3n) is 3.32. The van der Waals surface area contributed by atoms with Gasteiger partial charge in [0.2, 0.25) is 0 Å². The first kappa shape index (κ1) is 13.2. The number of aliphatic hydroxyl groups excluding tert-OH is 1. The molecule has 0 saturated heterocycles. The van der Waals surface area contributed by atoms with E-state index in [1.54, 1.807) is 0 Å². The average molecular weight is 250 g/mol. The second kappa shape index (κ2) is 6.07. The zero-order chi connectivity index (χ0) is 13.0. The van der Waals surface area contributed by atoms with Crippen molar-refractivity contribution in [3.05, 3.63) is 23.8 Å². The van der Waals surface area contributed by atoms with Crippen molar-refractivity contribution < 1.29 is 9.84 Å². The molecule has 1 aromatic rings. The Hall–Kier alpha value is -1.26. The predicted octanol–water partition coefficient (Wildman–Crippen LogP) is 1.16. The van der Waals surface area contributed by atoms with Crippen LogP contribution in [0.2, 0.25) is 0 Å². The Balaban J connectivity index is 2.04. The summed E-state index contributed by atoms with van der Waals surface area (Å²) in [6.07, 6.45) is 2.42. The Morgan fingerprint density at radius 3 is 3.11 bits per heavy atom. The third-order valence-corrected chi connectivity index (χ3v) is 3.32. The molecule has 1 aliphatic heterocycles. The lowest BCUT2D eigenvalue weighted by Gasteiger charge is -2.25. The van der Waals surface area contributed by atoms with Crippen LogP contribution in [0.5, 0.6) is 5.75 Å². The number of likely N-dealkylation sites (N-methyl/N-ethyl adjacent to an activating group) is 1. The highest BCUT2D eigenvalue weighted by molar-refractivity contribution is 5.53. The first-order valence-electron chi connectivity index (χ1n) is 6.55. The second-order valence-corrected chi connectivity index (χ2v) is 4.86. The van der Waals surface area contributed by atoms with Crippen molar-refractivity contribution in [2.24, 2.45) is 5.73 Å². The molecule has 1 aromatic carbocycles. The number of fused-ring (bicyclic) bond motifs is 1. The van der Waals surface area contributed by atoms with Gasteiger partial charge >= 0.3 is 0 Å². The quantitative estimate of drug-likeness (QED) is 0.823. The first-order valence-corrected chi connectivity index (χ1v) is 6.55. The molecule has 0 fully saturated rings. The van der Waals surface area contributed by atoms with Crippen LogP contribution in [0.4, 0.5) is 5.69 Å². The number of nitrogens with two attached hydrogens (primary N) is 1. The molecule has 2 rings (SSSR count). The van der Waals surface area contributed by atoms with Crippen LogP contribution in [0.3, 0.4) is 0 Å². The summed E-state index contributed by atoms with van der Waals surface area (Å²) in [6.45, 7) is 1.95. The van der Waals surface area contributed by atoms with Gasteiger partial charge in [-0.05, 0) is 49.6 Å². The maximum atomic E-state index is 9.77. The Morgan fingerprint density at radius 2 is 2.33 bits per heavy atom. The Morgan fingerprint density at radius 1 is 1.50 bits per heavy atom. The molecule has 3 N–H and O–H groups in total. The summed E-state index contributed by atoms with van der Waals surface area (Å²) in [5.74, 6) is 1.00. The van der Waals surface area contributed by atoms with E-state index in [1.807, 2.05) is 19.2 Å². The topological polar surface area (TPSA) is 58.7 Å². The highest BCUT2D eigenvalue weighted by Crippen LogP contribution is 2.28. The van der Waals surface area contributed by atoms with Gasteiger partial charge in [-0.2, -0.15) is 0 Å². The minimum absolute atomic E-state index is 0.368. The molecule has 0 saturated carbocycles. The first-order chi connectivity index (χ1) is 8.70. The fourth-order valence-corrected chi connectivity index (χ4v) is 2.29. The number of ether oxygens (including phenoxy) is 1. The standard InChI is InChI=1S/C14H22N2O2/c1-16(10-13(17)6-7-15)12-4-5-14-11(9-12)3-2-8-18-14/h4-5,9,13,17H,2-3,6-8,10,15H2,1H3. The monoisotopic (exact) mass is 250 g/mol.